The van der Waals surface area contributed by atoms with Crippen molar-refractivity contribution in [2.45, 2.75) is 38.6 Å². The lowest BCUT2D eigenvalue weighted by Crippen LogP contribution is -2.42. The van der Waals surface area contributed by atoms with Crippen LogP contribution in [-0.4, -0.2) is 24.5 Å². The van der Waals surface area contributed by atoms with Gasteiger partial charge < -0.3 is 15.4 Å². The average Bonchev–Trinajstić information content (AvgIpc) is 2.69. The highest BCUT2D eigenvalue weighted by molar-refractivity contribution is 5.97. The van der Waals surface area contributed by atoms with Crippen LogP contribution in [0.25, 0.3) is 0 Å². The van der Waals surface area contributed by atoms with Gasteiger partial charge in [0.05, 0.1) is 11.3 Å². The summed E-state index contributed by atoms with van der Waals surface area (Å²) in [5, 5.41) is 6.21. The van der Waals surface area contributed by atoms with Crippen LogP contribution < -0.4 is 10.6 Å². The number of carbonyl (C=O) groups is 2. The minimum atomic E-state index is -0.513. The fourth-order valence-electron chi connectivity index (χ4n) is 3.44. The Morgan fingerprint density at radius 1 is 1.00 bits per heavy atom. The van der Waals surface area contributed by atoms with Gasteiger partial charge in [-0.05, 0) is 43.0 Å². The van der Waals surface area contributed by atoms with E-state index >= 15 is 0 Å². The second-order valence-electron chi connectivity index (χ2n) is 7.05. The Morgan fingerprint density at radius 2 is 1.70 bits per heavy atom. The number of nitrogens with one attached hydrogen (secondary N) is 2. The number of benzene rings is 2. The number of para-hydroxylation sites is 2. The Kier molecular flexibility index (Phi) is 6.47. The van der Waals surface area contributed by atoms with Crippen molar-refractivity contribution in [2.75, 3.05) is 11.9 Å². The molecule has 2 aromatic rings. The summed E-state index contributed by atoms with van der Waals surface area (Å²) in [5.41, 5.74) is 1.93. The van der Waals surface area contributed by atoms with Crippen molar-refractivity contribution in [1.29, 1.82) is 0 Å². The molecule has 27 heavy (non-hydrogen) atoms. The topological polar surface area (TPSA) is 67.4 Å². The van der Waals surface area contributed by atoms with Crippen molar-refractivity contribution in [3.05, 3.63) is 60.2 Å². The van der Waals surface area contributed by atoms with E-state index in [0.717, 1.165) is 24.9 Å². The molecule has 2 atom stereocenters. The molecule has 0 bridgehead atoms. The summed E-state index contributed by atoms with van der Waals surface area (Å²) in [6, 6.07) is 16.9. The Morgan fingerprint density at radius 3 is 2.48 bits per heavy atom. The fourth-order valence-corrected chi connectivity index (χ4v) is 3.44. The molecule has 0 aromatic heterocycles. The maximum absolute atomic E-state index is 12.5. The highest BCUT2D eigenvalue weighted by Crippen LogP contribution is 2.24. The third kappa shape index (κ3) is 5.33. The molecule has 0 spiro atoms. The van der Waals surface area contributed by atoms with Gasteiger partial charge in [-0.3, -0.25) is 4.79 Å². The summed E-state index contributed by atoms with van der Waals surface area (Å²) in [5.74, 6) is -0.286. The minimum Gasteiger partial charge on any atom is -0.452 e. The number of hydrogen-bond donors (Lipinski definition) is 2. The number of anilines is 2. The highest BCUT2D eigenvalue weighted by Gasteiger charge is 2.23. The second-order valence-corrected chi connectivity index (χ2v) is 7.05. The van der Waals surface area contributed by atoms with Gasteiger partial charge in [-0.25, -0.2) is 4.79 Å². The van der Waals surface area contributed by atoms with Gasteiger partial charge in [0.2, 0.25) is 0 Å². The van der Waals surface area contributed by atoms with E-state index in [1.807, 2.05) is 42.5 Å². The van der Waals surface area contributed by atoms with Crippen molar-refractivity contribution in [3.8, 4) is 0 Å². The first-order valence-corrected chi connectivity index (χ1v) is 9.51. The van der Waals surface area contributed by atoms with Gasteiger partial charge in [0.25, 0.3) is 5.91 Å². The molecule has 1 fully saturated rings. The SMILES string of the molecule is C[C@H]1CCCC[C@@H]1NC(=O)COC(=O)c1ccccc1Nc1ccccc1. The molecule has 1 saturated carbocycles. The van der Waals surface area contributed by atoms with Gasteiger partial charge in [-0.1, -0.05) is 50.1 Å². The molecule has 0 heterocycles. The molecule has 1 aliphatic carbocycles. The smallest absolute Gasteiger partial charge is 0.340 e. The van der Waals surface area contributed by atoms with Gasteiger partial charge in [-0.15, -0.1) is 0 Å². The first-order chi connectivity index (χ1) is 13.1. The molecule has 0 radical (unpaired) electrons. The quantitative estimate of drug-likeness (QED) is 0.749. The van der Waals surface area contributed by atoms with E-state index in [0.29, 0.717) is 17.2 Å². The van der Waals surface area contributed by atoms with Gasteiger partial charge in [0.15, 0.2) is 6.61 Å². The van der Waals surface area contributed by atoms with Crippen molar-refractivity contribution in [3.63, 3.8) is 0 Å². The lowest BCUT2D eigenvalue weighted by molar-refractivity contribution is -0.125. The number of ether oxygens (including phenoxy) is 1. The Labute approximate surface area is 160 Å². The van der Waals surface area contributed by atoms with Crippen molar-refractivity contribution < 1.29 is 14.3 Å². The summed E-state index contributed by atoms with van der Waals surface area (Å²) < 4.78 is 5.25. The van der Waals surface area contributed by atoms with Crippen LogP contribution in [0, 0.1) is 5.92 Å². The summed E-state index contributed by atoms with van der Waals surface area (Å²) in [4.78, 5) is 24.6. The van der Waals surface area contributed by atoms with Crippen LogP contribution >= 0.6 is 0 Å². The molecule has 2 aromatic carbocycles. The summed E-state index contributed by atoms with van der Waals surface area (Å²) in [6.45, 7) is 1.89. The number of carbonyl (C=O) groups excluding carboxylic acids is 2. The highest BCUT2D eigenvalue weighted by atomic mass is 16.5. The summed E-state index contributed by atoms with van der Waals surface area (Å²) in [7, 11) is 0. The molecule has 5 heteroatoms. The first-order valence-electron chi connectivity index (χ1n) is 9.51. The largest absolute Gasteiger partial charge is 0.452 e. The molecule has 0 saturated heterocycles. The minimum absolute atomic E-state index is 0.178. The van der Waals surface area contributed by atoms with Crippen molar-refractivity contribution in [2.24, 2.45) is 5.92 Å². The Hall–Kier alpha value is -2.82. The normalized spacial score (nSPS) is 19.1. The number of esters is 1. The molecule has 0 unspecified atom stereocenters. The van der Waals surface area contributed by atoms with Crippen LogP contribution in [0.1, 0.15) is 43.0 Å². The van der Waals surface area contributed by atoms with Crippen LogP contribution in [0.3, 0.4) is 0 Å². The third-order valence-corrected chi connectivity index (χ3v) is 4.99. The Bertz CT molecular complexity index is 776. The Balaban J connectivity index is 1.57. The van der Waals surface area contributed by atoms with E-state index in [4.69, 9.17) is 4.74 Å². The summed E-state index contributed by atoms with van der Waals surface area (Å²) in [6.07, 6.45) is 4.47. The van der Waals surface area contributed by atoms with Crippen molar-refractivity contribution >= 4 is 23.3 Å². The van der Waals surface area contributed by atoms with Crippen LogP contribution in [0.2, 0.25) is 0 Å². The van der Waals surface area contributed by atoms with Gasteiger partial charge in [0, 0.05) is 11.7 Å². The molecule has 1 aliphatic rings. The van der Waals surface area contributed by atoms with Crippen LogP contribution in [-0.2, 0) is 9.53 Å². The maximum Gasteiger partial charge on any atom is 0.340 e. The monoisotopic (exact) mass is 366 g/mol. The molecule has 3 rings (SSSR count). The number of amides is 1. The van der Waals surface area contributed by atoms with Crippen molar-refractivity contribution in [1.82, 2.24) is 5.32 Å². The van der Waals surface area contributed by atoms with Crippen LogP contribution in [0.5, 0.6) is 0 Å². The van der Waals surface area contributed by atoms with E-state index in [1.165, 1.54) is 6.42 Å². The molecular formula is C22H26N2O3. The second kappa shape index (κ2) is 9.21. The van der Waals surface area contributed by atoms with E-state index in [9.17, 15) is 9.59 Å². The lowest BCUT2D eigenvalue weighted by Gasteiger charge is -2.29. The van der Waals surface area contributed by atoms with E-state index in [2.05, 4.69) is 17.6 Å². The zero-order valence-electron chi connectivity index (χ0n) is 15.6. The number of rotatable bonds is 6. The molecule has 142 valence electrons. The third-order valence-electron chi connectivity index (χ3n) is 4.99. The zero-order valence-corrected chi connectivity index (χ0v) is 15.6. The predicted octanol–water partition coefficient (Wildman–Crippen LogP) is 4.28. The molecule has 0 aliphatic heterocycles. The first kappa shape index (κ1) is 19.0. The number of hydrogen-bond acceptors (Lipinski definition) is 4. The summed E-state index contributed by atoms with van der Waals surface area (Å²) >= 11 is 0. The van der Waals surface area contributed by atoms with Gasteiger partial charge >= 0.3 is 5.97 Å². The standard InChI is InChI=1S/C22H26N2O3/c1-16-9-5-7-13-19(16)24-21(25)15-27-22(26)18-12-6-8-14-20(18)23-17-10-3-2-4-11-17/h2-4,6,8,10-12,14,16,19,23H,5,7,9,13,15H2,1H3,(H,24,25)/t16-,19-/m0/s1. The molecule has 2 N–H and O–H groups in total. The van der Waals surface area contributed by atoms with E-state index in [1.54, 1.807) is 12.1 Å². The lowest BCUT2D eigenvalue weighted by atomic mass is 9.86. The fraction of sp³-hybridized carbons (Fsp3) is 0.364. The van der Waals surface area contributed by atoms with Crippen LogP contribution in [0.15, 0.2) is 54.6 Å². The molecular weight excluding hydrogens is 340 g/mol. The molecule has 1 amide bonds. The maximum atomic E-state index is 12.5. The van der Waals surface area contributed by atoms with Gasteiger partial charge in [-0.2, -0.15) is 0 Å². The van der Waals surface area contributed by atoms with Crippen LogP contribution in [0.4, 0.5) is 11.4 Å². The zero-order chi connectivity index (χ0) is 19.1. The van der Waals surface area contributed by atoms with E-state index < -0.39 is 5.97 Å². The predicted molar refractivity (Wildman–Crippen MR) is 106 cm³/mol. The average molecular weight is 366 g/mol. The van der Waals surface area contributed by atoms with E-state index in [-0.39, 0.29) is 18.6 Å². The van der Waals surface area contributed by atoms with Gasteiger partial charge in [0.1, 0.15) is 0 Å². The molecule has 5 nitrogen and oxygen atoms in total.